The van der Waals surface area contributed by atoms with E-state index in [2.05, 4.69) is 48.6 Å². The van der Waals surface area contributed by atoms with Crippen LogP contribution in [0, 0.1) is 6.92 Å². The fraction of sp³-hybridized carbons (Fsp3) is 0.207. The SMILES string of the molecule is CCOc1cccc([C@@H](C)NCc2cc(-c3cccc(C(=O)O)c3C)c3ccccc3c2)c1.Cl. The van der Waals surface area contributed by atoms with Gasteiger partial charge in [-0.2, -0.15) is 0 Å². The Bertz CT molecular complexity index is 1300. The normalized spacial score (nSPS) is 11.6. The Balaban J connectivity index is 0.00000324. The molecule has 2 N–H and O–H groups in total. The average molecular weight is 476 g/mol. The lowest BCUT2D eigenvalue weighted by atomic mass is 9.91. The molecule has 0 spiro atoms. The molecule has 0 aliphatic heterocycles. The number of ether oxygens (including phenoxy) is 1. The lowest BCUT2D eigenvalue weighted by Crippen LogP contribution is -2.18. The molecule has 4 aromatic rings. The van der Waals surface area contributed by atoms with Crippen molar-refractivity contribution in [2.24, 2.45) is 0 Å². The summed E-state index contributed by atoms with van der Waals surface area (Å²) in [6.07, 6.45) is 0. The highest BCUT2D eigenvalue weighted by atomic mass is 35.5. The Morgan fingerprint density at radius 3 is 2.50 bits per heavy atom. The van der Waals surface area contributed by atoms with Gasteiger partial charge in [-0.1, -0.05) is 48.5 Å². The van der Waals surface area contributed by atoms with Crippen molar-refractivity contribution < 1.29 is 14.6 Å². The smallest absolute Gasteiger partial charge is 0.335 e. The van der Waals surface area contributed by atoms with E-state index >= 15 is 0 Å². The maximum absolute atomic E-state index is 11.7. The minimum Gasteiger partial charge on any atom is -0.494 e. The highest BCUT2D eigenvalue weighted by Gasteiger charge is 2.15. The second kappa shape index (κ2) is 11.2. The zero-order chi connectivity index (χ0) is 23.4. The summed E-state index contributed by atoms with van der Waals surface area (Å²) < 4.78 is 5.64. The number of carboxylic acid groups (broad SMARTS) is 1. The fourth-order valence-corrected chi connectivity index (χ4v) is 4.29. The average Bonchev–Trinajstić information content (AvgIpc) is 2.82. The van der Waals surface area contributed by atoms with Crippen molar-refractivity contribution in [1.82, 2.24) is 5.32 Å². The van der Waals surface area contributed by atoms with E-state index in [-0.39, 0.29) is 18.4 Å². The third-order valence-corrected chi connectivity index (χ3v) is 6.06. The number of hydrogen-bond donors (Lipinski definition) is 2. The fourth-order valence-electron chi connectivity index (χ4n) is 4.29. The van der Waals surface area contributed by atoms with Gasteiger partial charge in [0.25, 0.3) is 0 Å². The Labute approximate surface area is 207 Å². The number of aromatic carboxylic acids is 1. The summed E-state index contributed by atoms with van der Waals surface area (Å²) in [6.45, 7) is 7.35. The molecule has 4 nitrogen and oxygen atoms in total. The monoisotopic (exact) mass is 475 g/mol. The van der Waals surface area contributed by atoms with Crippen molar-refractivity contribution >= 4 is 29.1 Å². The predicted octanol–water partition coefficient (Wildman–Crippen LogP) is 7.18. The first-order chi connectivity index (χ1) is 16.0. The van der Waals surface area contributed by atoms with Gasteiger partial charge < -0.3 is 15.2 Å². The van der Waals surface area contributed by atoms with Crippen LogP contribution in [0.4, 0.5) is 0 Å². The van der Waals surface area contributed by atoms with Crippen LogP contribution in [0.1, 0.15) is 46.9 Å². The molecule has 0 aliphatic rings. The van der Waals surface area contributed by atoms with E-state index < -0.39 is 5.97 Å². The van der Waals surface area contributed by atoms with Crippen LogP contribution in [-0.2, 0) is 6.54 Å². The molecule has 0 heterocycles. The van der Waals surface area contributed by atoms with Gasteiger partial charge in [0.2, 0.25) is 0 Å². The van der Waals surface area contributed by atoms with Gasteiger partial charge in [0.1, 0.15) is 5.75 Å². The molecule has 0 bridgehead atoms. The van der Waals surface area contributed by atoms with Crippen LogP contribution in [0.5, 0.6) is 5.75 Å². The highest BCUT2D eigenvalue weighted by molar-refractivity contribution is 6.00. The Hall–Kier alpha value is -3.34. The molecule has 176 valence electrons. The maximum Gasteiger partial charge on any atom is 0.335 e. The van der Waals surface area contributed by atoms with Crippen LogP contribution in [-0.4, -0.2) is 17.7 Å². The van der Waals surface area contributed by atoms with Crippen molar-refractivity contribution in [3.8, 4) is 16.9 Å². The number of rotatable bonds is 8. The molecule has 4 aromatic carbocycles. The van der Waals surface area contributed by atoms with E-state index in [0.29, 0.717) is 18.7 Å². The van der Waals surface area contributed by atoms with Crippen LogP contribution in [0.15, 0.2) is 78.9 Å². The third kappa shape index (κ3) is 5.41. The topological polar surface area (TPSA) is 58.6 Å². The van der Waals surface area contributed by atoms with Crippen molar-refractivity contribution in [3.05, 3.63) is 101 Å². The standard InChI is InChI=1S/C29H29NO3.ClH/c1-4-33-24-11-7-10-22(17-24)20(3)30-18-21-15-23-9-5-6-12-27(23)28(16-21)25-13-8-14-26(19(25)2)29(31)32;/h5-17,20,30H,4,18H2,1-3H3,(H,31,32);1H/t20-;/m1./s1. The van der Waals surface area contributed by atoms with Gasteiger partial charge in [-0.05, 0) is 89.7 Å². The number of halogens is 1. The number of carbonyl (C=O) groups is 1. The molecule has 0 unspecified atom stereocenters. The second-order valence-electron chi connectivity index (χ2n) is 8.26. The van der Waals surface area contributed by atoms with Crippen molar-refractivity contribution in [1.29, 1.82) is 0 Å². The van der Waals surface area contributed by atoms with Gasteiger partial charge in [0, 0.05) is 12.6 Å². The third-order valence-electron chi connectivity index (χ3n) is 6.06. The molecule has 1 atom stereocenters. The number of hydrogen-bond acceptors (Lipinski definition) is 3. The summed E-state index contributed by atoms with van der Waals surface area (Å²) in [5.41, 5.74) is 5.44. The Morgan fingerprint density at radius 2 is 1.74 bits per heavy atom. The van der Waals surface area contributed by atoms with E-state index in [4.69, 9.17) is 4.74 Å². The zero-order valence-corrected chi connectivity index (χ0v) is 20.5. The van der Waals surface area contributed by atoms with E-state index in [1.807, 2.05) is 50.2 Å². The highest BCUT2D eigenvalue weighted by Crippen LogP contribution is 2.33. The van der Waals surface area contributed by atoms with Crippen molar-refractivity contribution in [2.75, 3.05) is 6.61 Å². The summed E-state index contributed by atoms with van der Waals surface area (Å²) in [7, 11) is 0. The lowest BCUT2D eigenvalue weighted by molar-refractivity contribution is 0.0696. The molecular formula is C29H30ClNO3. The van der Waals surface area contributed by atoms with Crippen LogP contribution in [0.25, 0.3) is 21.9 Å². The van der Waals surface area contributed by atoms with Gasteiger partial charge in [-0.3, -0.25) is 0 Å². The lowest BCUT2D eigenvalue weighted by Gasteiger charge is -2.18. The summed E-state index contributed by atoms with van der Waals surface area (Å²) in [5, 5.41) is 15.5. The van der Waals surface area contributed by atoms with Crippen LogP contribution >= 0.6 is 12.4 Å². The molecule has 0 aromatic heterocycles. The van der Waals surface area contributed by atoms with Gasteiger partial charge >= 0.3 is 5.97 Å². The van der Waals surface area contributed by atoms with Crippen molar-refractivity contribution in [3.63, 3.8) is 0 Å². The van der Waals surface area contributed by atoms with E-state index in [0.717, 1.165) is 38.8 Å². The summed E-state index contributed by atoms with van der Waals surface area (Å²) in [4.78, 5) is 11.7. The molecule has 0 aliphatic carbocycles. The van der Waals surface area contributed by atoms with E-state index in [9.17, 15) is 9.90 Å². The summed E-state index contributed by atoms with van der Waals surface area (Å²) in [6, 6.07) is 26.4. The molecule has 34 heavy (non-hydrogen) atoms. The van der Waals surface area contributed by atoms with Crippen LogP contribution in [0.2, 0.25) is 0 Å². The Kier molecular flexibility index (Phi) is 8.32. The van der Waals surface area contributed by atoms with Gasteiger partial charge in [0.05, 0.1) is 12.2 Å². The first-order valence-electron chi connectivity index (χ1n) is 11.3. The van der Waals surface area contributed by atoms with Crippen LogP contribution in [0.3, 0.4) is 0 Å². The van der Waals surface area contributed by atoms with Gasteiger partial charge in [-0.25, -0.2) is 4.79 Å². The molecule has 0 amide bonds. The quantitative estimate of drug-likeness (QED) is 0.283. The summed E-state index contributed by atoms with van der Waals surface area (Å²) in [5.74, 6) is -0.0231. The minimum absolute atomic E-state index is 0. The molecule has 0 saturated carbocycles. The number of fused-ring (bicyclic) bond motifs is 1. The first-order valence-corrected chi connectivity index (χ1v) is 11.3. The number of carboxylic acids is 1. The maximum atomic E-state index is 11.7. The van der Waals surface area contributed by atoms with Crippen LogP contribution < -0.4 is 10.1 Å². The molecule has 0 fully saturated rings. The summed E-state index contributed by atoms with van der Waals surface area (Å²) >= 11 is 0. The molecule has 4 rings (SSSR count). The molecule has 0 saturated heterocycles. The van der Waals surface area contributed by atoms with E-state index in [1.54, 1.807) is 6.07 Å². The van der Waals surface area contributed by atoms with E-state index in [1.165, 1.54) is 5.56 Å². The molecule has 5 heteroatoms. The molecular weight excluding hydrogens is 446 g/mol. The minimum atomic E-state index is -0.903. The number of benzene rings is 4. The predicted molar refractivity (Wildman–Crippen MR) is 141 cm³/mol. The largest absolute Gasteiger partial charge is 0.494 e. The number of nitrogens with one attached hydrogen (secondary N) is 1. The molecule has 0 radical (unpaired) electrons. The van der Waals surface area contributed by atoms with Gasteiger partial charge in [0.15, 0.2) is 0 Å². The Morgan fingerprint density at radius 1 is 0.971 bits per heavy atom. The van der Waals surface area contributed by atoms with Gasteiger partial charge in [-0.15, -0.1) is 12.4 Å². The second-order valence-corrected chi connectivity index (χ2v) is 8.26. The van der Waals surface area contributed by atoms with Crippen molar-refractivity contribution in [2.45, 2.75) is 33.4 Å². The zero-order valence-electron chi connectivity index (χ0n) is 19.7. The first kappa shape index (κ1) is 25.3.